The van der Waals surface area contributed by atoms with Crippen LogP contribution in [0.2, 0.25) is 0 Å². The molecule has 2 aromatic heterocycles. The SMILES string of the molecule is Cn1ccnc1CCc1nc(-c2ccc(N3CCOCC3)c(F)c2)no1. The highest BCUT2D eigenvalue weighted by atomic mass is 19.1. The molecule has 3 heterocycles. The minimum atomic E-state index is -0.288. The van der Waals surface area contributed by atoms with Crippen molar-refractivity contribution >= 4 is 5.69 Å². The lowest BCUT2D eigenvalue weighted by molar-refractivity contribution is 0.122. The van der Waals surface area contributed by atoms with Crippen LogP contribution in [0, 0.1) is 5.82 Å². The zero-order valence-electron chi connectivity index (χ0n) is 14.6. The molecular formula is C18H20FN5O2. The number of rotatable bonds is 5. The maximum atomic E-state index is 14.5. The Labute approximate surface area is 150 Å². The van der Waals surface area contributed by atoms with E-state index in [0.717, 1.165) is 5.82 Å². The lowest BCUT2D eigenvalue weighted by atomic mass is 10.1. The van der Waals surface area contributed by atoms with E-state index in [0.29, 0.717) is 62.1 Å². The first-order valence-corrected chi connectivity index (χ1v) is 8.62. The second kappa shape index (κ2) is 7.25. The normalized spacial score (nSPS) is 14.8. The molecule has 136 valence electrons. The van der Waals surface area contributed by atoms with E-state index in [1.165, 1.54) is 6.07 Å². The summed E-state index contributed by atoms with van der Waals surface area (Å²) in [7, 11) is 1.94. The minimum Gasteiger partial charge on any atom is -0.378 e. The average molecular weight is 357 g/mol. The summed E-state index contributed by atoms with van der Waals surface area (Å²) >= 11 is 0. The van der Waals surface area contributed by atoms with Crippen molar-refractivity contribution in [2.24, 2.45) is 7.05 Å². The Hall–Kier alpha value is -2.74. The van der Waals surface area contributed by atoms with Gasteiger partial charge in [-0.2, -0.15) is 4.98 Å². The first-order chi connectivity index (χ1) is 12.7. The minimum absolute atomic E-state index is 0.288. The third kappa shape index (κ3) is 3.45. The van der Waals surface area contributed by atoms with Gasteiger partial charge in [0, 0.05) is 50.9 Å². The summed E-state index contributed by atoms with van der Waals surface area (Å²) in [5.74, 6) is 1.57. The summed E-state index contributed by atoms with van der Waals surface area (Å²) < 4.78 is 27.1. The van der Waals surface area contributed by atoms with Crippen molar-refractivity contribution in [2.45, 2.75) is 12.8 Å². The average Bonchev–Trinajstić information content (AvgIpc) is 3.29. The van der Waals surface area contributed by atoms with E-state index in [1.54, 1.807) is 12.3 Å². The molecule has 0 amide bonds. The Bertz CT molecular complexity index is 885. The Balaban J connectivity index is 1.46. The van der Waals surface area contributed by atoms with Gasteiger partial charge < -0.3 is 18.7 Å². The number of morpholine rings is 1. The zero-order chi connectivity index (χ0) is 17.9. The largest absolute Gasteiger partial charge is 0.378 e. The van der Waals surface area contributed by atoms with E-state index >= 15 is 0 Å². The fourth-order valence-electron chi connectivity index (χ4n) is 3.04. The van der Waals surface area contributed by atoms with Crippen LogP contribution in [-0.2, 0) is 24.6 Å². The summed E-state index contributed by atoms with van der Waals surface area (Å²) in [4.78, 5) is 10.6. The van der Waals surface area contributed by atoms with E-state index in [9.17, 15) is 4.39 Å². The first kappa shape index (κ1) is 16.7. The molecule has 4 rings (SSSR count). The molecule has 1 aliphatic rings. The highest BCUT2D eigenvalue weighted by Gasteiger charge is 2.17. The number of aromatic nitrogens is 4. The Morgan fingerprint density at radius 2 is 2.04 bits per heavy atom. The smallest absolute Gasteiger partial charge is 0.227 e. The Kier molecular flexibility index (Phi) is 4.66. The van der Waals surface area contributed by atoms with Gasteiger partial charge in [-0.3, -0.25) is 0 Å². The van der Waals surface area contributed by atoms with Crippen LogP contribution >= 0.6 is 0 Å². The van der Waals surface area contributed by atoms with Gasteiger partial charge in [0.25, 0.3) is 0 Å². The number of imidazole rings is 1. The van der Waals surface area contributed by atoms with Crippen LogP contribution in [0.15, 0.2) is 35.1 Å². The number of hydrogen-bond acceptors (Lipinski definition) is 6. The molecule has 1 aromatic carbocycles. The van der Waals surface area contributed by atoms with Crippen LogP contribution < -0.4 is 4.90 Å². The zero-order valence-corrected chi connectivity index (χ0v) is 14.6. The predicted molar refractivity (Wildman–Crippen MR) is 93.3 cm³/mol. The van der Waals surface area contributed by atoms with E-state index in [2.05, 4.69) is 15.1 Å². The third-order valence-corrected chi connectivity index (χ3v) is 4.51. The molecule has 0 saturated carbocycles. The number of nitrogens with zero attached hydrogens (tertiary/aromatic N) is 5. The number of hydrogen-bond donors (Lipinski definition) is 0. The van der Waals surface area contributed by atoms with Crippen molar-refractivity contribution in [3.63, 3.8) is 0 Å². The number of halogens is 1. The quantitative estimate of drug-likeness (QED) is 0.697. The van der Waals surface area contributed by atoms with Gasteiger partial charge in [-0.15, -0.1) is 0 Å². The number of benzene rings is 1. The third-order valence-electron chi connectivity index (χ3n) is 4.51. The number of anilines is 1. The van der Waals surface area contributed by atoms with Crippen LogP contribution in [-0.4, -0.2) is 46.0 Å². The van der Waals surface area contributed by atoms with Gasteiger partial charge in [-0.1, -0.05) is 5.16 Å². The van der Waals surface area contributed by atoms with E-state index in [4.69, 9.17) is 9.26 Å². The van der Waals surface area contributed by atoms with E-state index < -0.39 is 0 Å². The van der Waals surface area contributed by atoms with Gasteiger partial charge in [0.15, 0.2) is 0 Å². The molecule has 3 aromatic rings. The molecule has 0 unspecified atom stereocenters. The van der Waals surface area contributed by atoms with Gasteiger partial charge in [-0.25, -0.2) is 9.37 Å². The van der Waals surface area contributed by atoms with Crippen LogP contribution in [0.3, 0.4) is 0 Å². The molecule has 0 spiro atoms. The standard InChI is InChI=1S/C18H20FN5O2/c1-23-7-6-20-16(23)4-5-17-21-18(22-26-17)13-2-3-15(14(19)12-13)24-8-10-25-11-9-24/h2-3,6-7,12H,4-5,8-11H2,1H3. The maximum Gasteiger partial charge on any atom is 0.227 e. The van der Waals surface area contributed by atoms with Crippen LogP contribution in [0.1, 0.15) is 11.7 Å². The van der Waals surface area contributed by atoms with Gasteiger partial charge in [-0.05, 0) is 18.2 Å². The summed E-state index contributed by atoms with van der Waals surface area (Å²) in [6.45, 7) is 2.61. The molecular weight excluding hydrogens is 337 g/mol. The van der Waals surface area contributed by atoms with Crippen LogP contribution in [0.5, 0.6) is 0 Å². The molecule has 0 aliphatic carbocycles. The molecule has 7 nitrogen and oxygen atoms in total. The predicted octanol–water partition coefficient (Wildman–Crippen LogP) is 2.23. The maximum absolute atomic E-state index is 14.5. The lowest BCUT2D eigenvalue weighted by Gasteiger charge is -2.29. The molecule has 1 aliphatic heterocycles. The summed E-state index contributed by atoms with van der Waals surface area (Å²) in [5, 5.41) is 3.98. The van der Waals surface area contributed by atoms with Crippen LogP contribution in [0.4, 0.5) is 10.1 Å². The van der Waals surface area contributed by atoms with Crippen molar-refractivity contribution in [3.05, 3.63) is 48.1 Å². The van der Waals surface area contributed by atoms with Crippen molar-refractivity contribution in [1.82, 2.24) is 19.7 Å². The van der Waals surface area contributed by atoms with Gasteiger partial charge in [0.05, 0.1) is 18.9 Å². The van der Waals surface area contributed by atoms with Crippen molar-refractivity contribution in [2.75, 3.05) is 31.2 Å². The first-order valence-electron chi connectivity index (χ1n) is 8.62. The fourth-order valence-corrected chi connectivity index (χ4v) is 3.04. The highest BCUT2D eigenvalue weighted by molar-refractivity contribution is 5.61. The molecule has 1 fully saturated rings. The van der Waals surface area contributed by atoms with E-state index in [-0.39, 0.29) is 5.82 Å². The second-order valence-electron chi connectivity index (χ2n) is 6.23. The molecule has 0 N–H and O–H groups in total. The van der Waals surface area contributed by atoms with Crippen molar-refractivity contribution in [3.8, 4) is 11.4 Å². The molecule has 0 atom stereocenters. The Morgan fingerprint density at radius 1 is 1.19 bits per heavy atom. The summed E-state index contributed by atoms with van der Waals surface area (Å²) in [6, 6.07) is 5.04. The number of ether oxygens (including phenoxy) is 1. The molecule has 26 heavy (non-hydrogen) atoms. The fraction of sp³-hybridized carbons (Fsp3) is 0.389. The van der Waals surface area contributed by atoms with Gasteiger partial charge in [0.1, 0.15) is 11.6 Å². The lowest BCUT2D eigenvalue weighted by Crippen LogP contribution is -2.36. The topological polar surface area (TPSA) is 69.2 Å². The van der Waals surface area contributed by atoms with Gasteiger partial charge in [0.2, 0.25) is 11.7 Å². The van der Waals surface area contributed by atoms with Crippen LogP contribution in [0.25, 0.3) is 11.4 Å². The Morgan fingerprint density at radius 3 is 2.77 bits per heavy atom. The molecule has 0 bridgehead atoms. The summed E-state index contributed by atoms with van der Waals surface area (Å²) in [6.07, 6.45) is 4.95. The van der Waals surface area contributed by atoms with E-state index in [1.807, 2.05) is 28.8 Å². The van der Waals surface area contributed by atoms with Gasteiger partial charge >= 0.3 is 0 Å². The monoisotopic (exact) mass is 357 g/mol. The van der Waals surface area contributed by atoms with Crippen molar-refractivity contribution < 1.29 is 13.7 Å². The molecule has 1 saturated heterocycles. The molecule has 8 heteroatoms. The summed E-state index contributed by atoms with van der Waals surface area (Å²) in [5.41, 5.74) is 1.18. The number of aryl methyl sites for hydroxylation is 3. The second-order valence-corrected chi connectivity index (χ2v) is 6.23. The highest BCUT2D eigenvalue weighted by Crippen LogP contribution is 2.26. The molecule has 0 radical (unpaired) electrons. The van der Waals surface area contributed by atoms with Crippen molar-refractivity contribution in [1.29, 1.82) is 0 Å².